The van der Waals surface area contributed by atoms with Crippen molar-refractivity contribution in [1.29, 1.82) is 0 Å². The number of unbranched alkanes of at least 4 members (excludes halogenated alkanes) is 32. The minimum Gasteiger partial charge on any atom is -0.387 e. The molecular formula is C54H107O11PS. The fraction of sp³-hybridized carbons (Fsp3) is 0.963. The second-order valence-electron chi connectivity index (χ2n) is 20.1. The minimum absolute atomic E-state index is 0.00582. The molecule has 0 heterocycles. The van der Waals surface area contributed by atoms with E-state index in [2.05, 4.69) is 26.0 Å². The predicted molar refractivity (Wildman–Crippen MR) is 280 cm³/mol. The van der Waals surface area contributed by atoms with Crippen LogP contribution in [0.2, 0.25) is 0 Å². The van der Waals surface area contributed by atoms with Crippen molar-refractivity contribution >= 4 is 19.6 Å². The fourth-order valence-corrected chi connectivity index (χ4v) is 10.8. The first kappa shape index (κ1) is 64.9. The van der Waals surface area contributed by atoms with Gasteiger partial charge in [-0.3, -0.25) is 4.57 Å². The molecule has 0 bridgehead atoms. The molecule has 13 heteroatoms. The fourth-order valence-electron chi connectivity index (χ4n) is 9.10. The van der Waals surface area contributed by atoms with Crippen LogP contribution in [0.5, 0.6) is 0 Å². The predicted octanol–water partition coefficient (Wildman–Crippen LogP) is 13.2. The molecule has 1 rings (SSSR count). The summed E-state index contributed by atoms with van der Waals surface area (Å²) in [5, 5.41) is 52.3. The lowest BCUT2D eigenvalue weighted by Crippen LogP contribution is -2.63. The van der Waals surface area contributed by atoms with Crippen molar-refractivity contribution in [3.63, 3.8) is 0 Å². The van der Waals surface area contributed by atoms with Gasteiger partial charge in [-0.25, -0.2) is 0 Å². The first-order valence-electron chi connectivity index (χ1n) is 28.1. The van der Waals surface area contributed by atoms with E-state index in [1.165, 1.54) is 147 Å². The van der Waals surface area contributed by atoms with E-state index >= 15 is 0 Å². The van der Waals surface area contributed by atoms with Gasteiger partial charge in [0.2, 0.25) is 0 Å². The van der Waals surface area contributed by atoms with E-state index in [1.807, 2.05) is 0 Å². The van der Waals surface area contributed by atoms with E-state index in [-0.39, 0.29) is 17.5 Å². The Hall–Kier alpha value is -0.0800. The summed E-state index contributed by atoms with van der Waals surface area (Å²) >= 11 is 1.18. The lowest BCUT2D eigenvalue weighted by atomic mass is 9.85. The Balaban J connectivity index is 2.66. The maximum Gasteiger partial charge on any atom is 0.325 e. The monoisotopic (exact) mass is 995 g/mol. The van der Waals surface area contributed by atoms with Crippen molar-refractivity contribution in [2.24, 2.45) is 0 Å². The Morgan fingerprint density at radius 3 is 1.30 bits per heavy atom. The van der Waals surface area contributed by atoms with Crippen molar-refractivity contribution in [2.75, 3.05) is 26.0 Å². The van der Waals surface area contributed by atoms with Gasteiger partial charge >= 0.3 is 7.60 Å². The van der Waals surface area contributed by atoms with Crippen LogP contribution < -0.4 is 0 Å². The van der Waals surface area contributed by atoms with Crippen LogP contribution in [0.3, 0.4) is 0 Å². The van der Waals surface area contributed by atoms with Crippen LogP contribution in [-0.4, -0.2) is 109 Å². The summed E-state index contributed by atoms with van der Waals surface area (Å²) in [6, 6.07) is 0. The highest BCUT2D eigenvalue weighted by molar-refractivity contribution is 7.95. The summed E-state index contributed by atoms with van der Waals surface area (Å²) in [7, 11) is -3.86. The van der Waals surface area contributed by atoms with Gasteiger partial charge in [0.15, 0.2) is 0 Å². The normalized spacial score (nSPS) is 21.1. The second-order valence-corrected chi connectivity index (χ2v) is 22.9. The summed E-state index contributed by atoms with van der Waals surface area (Å²) < 4.78 is 29.9. The van der Waals surface area contributed by atoms with Crippen LogP contribution in [0, 0.1) is 0 Å². The molecule has 67 heavy (non-hydrogen) atoms. The smallest absolute Gasteiger partial charge is 0.325 e. The standard InChI is InChI=1S/C54H107O11PS/c1-3-5-7-9-11-13-15-22-26-30-34-38-42-63-46-47(64-43-39-35-31-27-23-16-14-12-10-8-6-4-2)45-48(67-65-54-52(58)50(56)49(55)51(57)53(54)59)41-37-33-29-25-21-19-17-18-20-24-28-32-36-40-44-66(60,61)62/h17,19,47-59H,3-16,18,20-46H2,1-2H3,(H2,60,61,62)/b19-17-/t47?,48?,49-,50-,51+,52-,53-,54-/m0/s1. The van der Waals surface area contributed by atoms with Gasteiger partial charge in [0.25, 0.3) is 0 Å². The van der Waals surface area contributed by atoms with E-state index < -0.39 is 44.2 Å². The van der Waals surface area contributed by atoms with Gasteiger partial charge < -0.3 is 49.0 Å². The maximum atomic E-state index is 11.0. The largest absolute Gasteiger partial charge is 0.387 e. The molecule has 1 saturated carbocycles. The summed E-state index contributed by atoms with van der Waals surface area (Å²) in [6.07, 6.45) is 40.0. The second kappa shape index (κ2) is 45.8. The molecule has 0 spiro atoms. The molecule has 0 aromatic rings. The van der Waals surface area contributed by atoms with E-state index in [0.717, 1.165) is 96.3 Å². The van der Waals surface area contributed by atoms with Crippen LogP contribution in [-0.2, 0) is 18.2 Å². The third kappa shape index (κ3) is 38.2. The number of ether oxygens (including phenoxy) is 2. The quantitative estimate of drug-likeness (QED) is 0.0133. The van der Waals surface area contributed by atoms with Crippen molar-refractivity contribution in [3.8, 4) is 0 Å². The molecule has 7 N–H and O–H groups in total. The Labute approximate surface area is 415 Å². The zero-order valence-electron chi connectivity index (χ0n) is 43.1. The van der Waals surface area contributed by atoms with Gasteiger partial charge in [-0.2, -0.15) is 0 Å². The number of allylic oxidation sites excluding steroid dienone is 2. The van der Waals surface area contributed by atoms with Gasteiger partial charge in [-0.15, -0.1) is 0 Å². The molecule has 0 amide bonds. The number of rotatable bonds is 50. The molecule has 2 unspecified atom stereocenters. The van der Waals surface area contributed by atoms with Gasteiger partial charge in [0.05, 0.1) is 12.7 Å². The molecule has 0 aliphatic heterocycles. The number of hydrogen-bond acceptors (Lipinski definition) is 10. The molecule has 8 atom stereocenters. The third-order valence-corrected chi connectivity index (χ3v) is 15.5. The number of aliphatic hydroxyl groups is 5. The average Bonchev–Trinajstić information content (AvgIpc) is 3.30. The lowest BCUT2D eigenvalue weighted by Gasteiger charge is -2.41. The van der Waals surface area contributed by atoms with Gasteiger partial charge in [0, 0.05) is 24.6 Å². The Kier molecular flexibility index (Phi) is 44.3. The van der Waals surface area contributed by atoms with Crippen LogP contribution >= 0.6 is 19.6 Å². The summed E-state index contributed by atoms with van der Waals surface area (Å²) in [4.78, 5) is 18.0. The molecule has 11 nitrogen and oxygen atoms in total. The van der Waals surface area contributed by atoms with Crippen molar-refractivity contribution in [2.45, 2.75) is 306 Å². The molecule has 0 aromatic carbocycles. The van der Waals surface area contributed by atoms with Crippen LogP contribution in [0.4, 0.5) is 0 Å². The summed E-state index contributed by atoms with van der Waals surface area (Å²) in [6.45, 7) is 6.42. The van der Waals surface area contributed by atoms with Gasteiger partial charge in [0.1, 0.15) is 36.6 Å². The summed E-state index contributed by atoms with van der Waals surface area (Å²) in [5.41, 5.74) is 0. The third-order valence-electron chi connectivity index (χ3n) is 13.6. The topological polar surface area (TPSA) is 186 Å². The van der Waals surface area contributed by atoms with Crippen LogP contribution in [0.15, 0.2) is 12.2 Å². The molecule has 1 aliphatic rings. The highest BCUT2D eigenvalue weighted by Gasteiger charge is 2.49. The van der Waals surface area contributed by atoms with Crippen LogP contribution in [0.25, 0.3) is 0 Å². The molecule has 0 radical (unpaired) electrons. The number of aliphatic hydroxyl groups excluding tert-OH is 5. The highest BCUT2D eigenvalue weighted by Crippen LogP contribution is 2.36. The average molecular weight is 995 g/mol. The molecule has 1 aliphatic carbocycles. The van der Waals surface area contributed by atoms with Gasteiger partial charge in [-0.05, 0) is 69.8 Å². The minimum atomic E-state index is -3.86. The van der Waals surface area contributed by atoms with E-state index in [9.17, 15) is 30.1 Å². The Bertz CT molecular complexity index is 1120. The van der Waals surface area contributed by atoms with Crippen molar-refractivity contribution in [1.82, 2.24) is 0 Å². The molecular weight excluding hydrogens is 888 g/mol. The van der Waals surface area contributed by atoms with Gasteiger partial charge in [-0.1, -0.05) is 212 Å². The zero-order chi connectivity index (χ0) is 49.1. The zero-order valence-corrected chi connectivity index (χ0v) is 44.8. The first-order valence-corrected chi connectivity index (χ1v) is 30.7. The SMILES string of the molecule is CCCCCCCCCCCCCCOCC(CC(CCCCCC/C=C\CCCCCCCCP(=O)(O)O)SO[C@@H]1[C@@H](O)[C@H](O)[C@@H](O)[C@H](O)[C@@H]1O)OCCCCCCCCCCCCCC. The first-order chi connectivity index (χ1) is 32.5. The number of hydrogen-bond donors (Lipinski definition) is 7. The Morgan fingerprint density at radius 2 is 0.851 bits per heavy atom. The van der Waals surface area contributed by atoms with Crippen LogP contribution in [0.1, 0.15) is 258 Å². The van der Waals surface area contributed by atoms with E-state index in [4.69, 9.17) is 23.4 Å². The van der Waals surface area contributed by atoms with Crippen molar-refractivity contribution < 1.29 is 53.5 Å². The van der Waals surface area contributed by atoms with E-state index in [1.54, 1.807) is 0 Å². The van der Waals surface area contributed by atoms with E-state index in [0.29, 0.717) is 32.7 Å². The molecule has 400 valence electrons. The highest BCUT2D eigenvalue weighted by atomic mass is 32.2. The molecule has 1 fully saturated rings. The Morgan fingerprint density at radius 1 is 0.478 bits per heavy atom. The maximum absolute atomic E-state index is 11.0. The lowest BCUT2D eigenvalue weighted by molar-refractivity contribution is -0.214. The molecule has 0 aromatic heterocycles. The molecule has 0 saturated heterocycles. The summed E-state index contributed by atoms with van der Waals surface area (Å²) in [5.74, 6) is 0. The van der Waals surface area contributed by atoms with Crippen molar-refractivity contribution in [3.05, 3.63) is 12.2 Å².